The van der Waals surface area contributed by atoms with Gasteiger partial charge in [0, 0.05) is 49.8 Å². The van der Waals surface area contributed by atoms with Gasteiger partial charge in [0.15, 0.2) is 0 Å². The number of hydrogen-bond donors (Lipinski definition) is 0. The number of allylic oxidation sites excluding steroid dienone is 8. The van der Waals surface area contributed by atoms with Crippen LogP contribution in [0.2, 0.25) is 0 Å². The van der Waals surface area contributed by atoms with Crippen LogP contribution in [0, 0.1) is 0 Å². The molecular weight excluding hydrogens is 757 g/mol. The smallest absolute Gasteiger partial charge is 0.0462 e. The third-order valence-corrected chi connectivity index (χ3v) is 13.0. The number of hydrogen-bond acceptors (Lipinski definition) is 3. The fraction of sp³-hybridized carbons (Fsp3) is 0.0690. The molecule has 0 amide bonds. The number of anilines is 5. The fourth-order valence-corrected chi connectivity index (χ4v) is 9.56. The maximum absolute atomic E-state index is 2.42. The van der Waals surface area contributed by atoms with Gasteiger partial charge in [-0.15, -0.1) is 11.3 Å². The number of benzene rings is 7. The summed E-state index contributed by atoms with van der Waals surface area (Å²) < 4.78 is 0. The van der Waals surface area contributed by atoms with Gasteiger partial charge in [0.2, 0.25) is 0 Å². The Kier molecular flexibility index (Phi) is 11.0. The monoisotopic (exact) mass is 802 g/mol. The summed E-state index contributed by atoms with van der Waals surface area (Å²) in [6.45, 7) is 0. The van der Waals surface area contributed by atoms with E-state index < -0.39 is 0 Å². The lowest BCUT2D eigenvalue weighted by Gasteiger charge is -2.29. The summed E-state index contributed by atoms with van der Waals surface area (Å²) in [6, 6.07) is 70.6. The minimum Gasteiger partial charge on any atom is -0.314 e. The van der Waals surface area contributed by atoms with Crippen LogP contribution in [0.25, 0.3) is 43.8 Å². The van der Waals surface area contributed by atoms with E-state index in [1.54, 1.807) is 0 Å². The molecule has 8 aromatic rings. The Morgan fingerprint density at radius 1 is 0.377 bits per heavy atom. The highest BCUT2D eigenvalue weighted by atomic mass is 32.1. The van der Waals surface area contributed by atoms with Gasteiger partial charge in [0.25, 0.3) is 0 Å². The van der Waals surface area contributed by atoms with Crippen LogP contribution in [0.4, 0.5) is 28.4 Å². The molecule has 1 heterocycles. The van der Waals surface area contributed by atoms with Gasteiger partial charge in [-0.3, -0.25) is 0 Å². The van der Waals surface area contributed by atoms with Gasteiger partial charge in [0.05, 0.1) is 0 Å². The highest BCUT2D eigenvalue weighted by molar-refractivity contribution is 7.15. The van der Waals surface area contributed by atoms with Crippen LogP contribution in [0.15, 0.2) is 242 Å². The summed E-state index contributed by atoms with van der Waals surface area (Å²) in [6.07, 6.45) is 18.7. The second-order valence-corrected chi connectivity index (χ2v) is 16.7. The van der Waals surface area contributed by atoms with Gasteiger partial charge < -0.3 is 9.80 Å². The zero-order valence-corrected chi connectivity index (χ0v) is 34.8. The molecule has 0 bridgehead atoms. The van der Waals surface area contributed by atoms with Crippen LogP contribution >= 0.6 is 11.3 Å². The third kappa shape index (κ3) is 8.34. The van der Waals surface area contributed by atoms with Crippen molar-refractivity contribution >= 4 is 39.8 Å². The maximum Gasteiger partial charge on any atom is 0.0462 e. The topological polar surface area (TPSA) is 6.48 Å². The standard InChI is InChI=1S/C58H46N2S/c1-5-13-43(14-6-1)45-21-31-53(32-22-45)60(54-33-23-46(24-34-54)44-15-7-2-8-16-44)55-37-27-48(28-38-55)47-25-35-52(36-26-47)59(51-19-11-4-12-20-51)56-39-29-50(30-40-56)58-42-41-57(61-58)49-17-9-3-10-18-49/h1-11,13-17,19,21-42,49H,12,18,20H2. The summed E-state index contributed by atoms with van der Waals surface area (Å²) in [5, 5.41) is 0. The molecule has 0 fully saturated rings. The van der Waals surface area contributed by atoms with Crippen molar-refractivity contribution < 1.29 is 0 Å². The van der Waals surface area contributed by atoms with Crippen molar-refractivity contribution in [1.82, 2.24) is 0 Å². The first-order valence-electron chi connectivity index (χ1n) is 21.2. The predicted octanol–water partition coefficient (Wildman–Crippen LogP) is 16.9. The molecule has 0 aliphatic heterocycles. The highest BCUT2D eigenvalue weighted by Gasteiger charge is 2.18. The molecule has 0 saturated heterocycles. The molecule has 7 aromatic carbocycles. The first-order valence-corrected chi connectivity index (χ1v) is 22.1. The average Bonchev–Trinajstić information content (AvgIpc) is 3.85. The van der Waals surface area contributed by atoms with E-state index in [-0.39, 0.29) is 0 Å². The van der Waals surface area contributed by atoms with Crippen LogP contribution in [0.3, 0.4) is 0 Å². The fourth-order valence-electron chi connectivity index (χ4n) is 8.45. The van der Waals surface area contributed by atoms with Gasteiger partial charge in [-0.25, -0.2) is 0 Å². The van der Waals surface area contributed by atoms with Crippen molar-refractivity contribution in [3.8, 4) is 43.8 Å². The Morgan fingerprint density at radius 3 is 1.25 bits per heavy atom. The minimum atomic E-state index is 0.479. The van der Waals surface area contributed by atoms with E-state index in [0.717, 1.165) is 42.0 Å². The predicted molar refractivity (Wildman–Crippen MR) is 261 cm³/mol. The van der Waals surface area contributed by atoms with Crippen LogP contribution in [-0.2, 0) is 0 Å². The molecule has 2 aliphatic carbocycles. The van der Waals surface area contributed by atoms with E-state index in [1.165, 1.54) is 60.1 Å². The van der Waals surface area contributed by atoms with Crippen LogP contribution in [0.1, 0.15) is 30.1 Å². The van der Waals surface area contributed by atoms with Gasteiger partial charge in [0.1, 0.15) is 0 Å². The molecule has 1 unspecified atom stereocenters. The molecule has 294 valence electrons. The van der Waals surface area contributed by atoms with Crippen molar-refractivity contribution in [3.63, 3.8) is 0 Å². The lowest BCUT2D eigenvalue weighted by Crippen LogP contribution is -2.17. The van der Waals surface area contributed by atoms with E-state index in [9.17, 15) is 0 Å². The molecule has 2 aliphatic rings. The third-order valence-electron chi connectivity index (χ3n) is 11.7. The summed E-state index contributed by atoms with van der Waals surface area (Å²) in [4.78, 5) is 7.50. The molecule has 1 atom stereocenters. The molecule has 1 aromatic heterocycles. The zero-order valence-electron chi connectivity index (χ0n) is 34.0. The van der Waals surface area contributed by atoms with E-state index in [2.05, 4.69) is 246 Å². The van der Waals surface area contributed by atoms with Crippen molar-refractivity contribution in [2.45, 2.75) is 25.2 Å². The van der Waals surface area contributed by atoms with Crippen LogP contribution < -0.4 is 9.80 Å². The van der Waals surface area contributed by atoms with E-state index in [4.69, 9.17) is 0 Å². The van der Waals surface area contributed by atoms with Crippen LogP contribution in [0.5, 0.6) is 0 Å². The van der Waals surface area contributed by atoms with E-state index >= 15 is 0 Å². The second-order valence-electron chi connectivity index (χ2n) is 15.6. The lowest BCUT2D eigenvalue weighted by atomic mass is 9.99. The molecule has 0 N–H and O–H groups in total. The van der Waals surface area contributed by atoms with Crippen LogP contribution in [-0.4, -0.2) is 0 Å². The van der Waals surface area contributed by atoms with Gasteiger partial charge in [-0.1, -0.05) is 158 Å². The summed E-state index contributed by atoms with van der Waals surface area (Å²) in [5.41, 5.74) is 15.4. The molecule has 0 spiro atoms. The summed E-state index contributed by atoms with van der Waals surface area (Å²) in [7, 11) is 0. The zero-order chi connectivity index (χ0) is 40.8. The molecule has 0 saturated carbocycles. The number of rotatable bonds is 11. The van der Waals surface area contributed by atoms with Crippen molar-refractivity contribution in [3.05, 3.63) is 247 Å². The normalized spacial score (nSPS) is 14.4. The Bertz CT molecular complexity index is 2750. The molecule has 2 nitrogen and oxygen atoms in total. The molecular formula is C58H46N2S. The summed E-state index contributed by atoms with van der Waals surface area (Å²) in [5.74, 6) is 0.479. The quantitative estimate of drug-likeness (QED) is 0.129. The van der Waals surface area contributed by atoms with Gasteiger partial charge in [-0.2, -0.15) is 0 Å². The SMILES string of the molecule is C1=CCCC(N(c2ccc(-c3ccc(N(c4ccc(-c5ccccc5)cc4)c4ccc(-c5ccccc5)cc4)cc3)cc2)c2ccc(-c3ccc(C4C=CC=CC4)s3)cc2)=C1. The first-order chi connectivity index (χ1) is 30.2. The molecule has 3 heteroatoms. The lowest BCUT2D eigenvalue weighted by molar-refractivity contribution is 0.873. The largest absolute Gasteiger partial charge is 0.314 e. The Hall–Kier alpha value is -7.20. The minimum absolute atomic E-state index is 0.479. The van der Waals surface area contributed by atoms with E-state index in [1.807, 2.05) is 11.3 Å². The second kappa shape index (κ2) is 17.6. The van der Waals surface area contributed by atoms with Gasteiger partial charge in [-0.05, 0) is 137 Å². The maximum atomic E-state index is 2.42. The molecule has 0 radical (unpaired) electrons. The van der Waals surface area contributed by atoms with Crippen molar-refractivity contribution in [1.29, 1.82) is 0 Å². The van der Waals surface area contributed by atoms with Crippen molar-refractivity contribution in [2.24, 2.45) is 0 Å². The summed E-state index contributed by atoms with van der Waals surface area (Å²) >= 11 is 1.91. The molecule has 10 rings (SSSR count). The van der Waals surface area contributed by atoms with Gasteiger partial charge >= 0.3 is 0 Å². The number of nitrogens with zero attached hydrogens (tertiary/aromatic N) is 2. The Balaban J connectivity index is 0.920. The Morgan fingerprint density at radius 2 is 0.820 bits per heavy atom. The molecule has 61 heavy (non-hydrogen) atoms. The first kappa shape index (κ1) is 38.0. The average molecular weight is 803 g/mol. The highest BCUT2D eigenvalue weighted by Crippen LogP contribution is 2.41. The number of thiophene rings is 1. The van der Waals surface area contributed by atoms with Crippen molar-refractivity contribution in [2.75, 3.05) is 9.80 Å². The Labute approximate surface area is 364 Å². The van der Waals surface area contributed by atoms with E-state index in [0.29, 0.717) is 5.92 Å².